The standard InChI is InChI=1S/C24H22F4N2S2/c1-4-16(3)18-10-11-20(17(5-2)14-18)29-12-6-8-19-15-21-22(32-28)9-7-13-30(21)23(19)31-24(25,26)27/h7,9-11,13-15,29H,3-5,12H2,1-2H3. The van der Waals surface area contributed by atoms with Crippen LogP contribution < -0.4 is 5.32 Å². The van der Waals surface area contributed by atoms with Crippen molar-refractivity contribution in [2.24, 2.45) is 0 Å². The molecule has 8 heteroatoms. The van der Waals surface area contributed by atoms with E-state index in [0.717, 1.165) is 35.2 Å². The number of aromatic nitrogens is 1. The Kier molecular flexibility index (Phi) is 7.86. The van der Waals surface area contributed by atoms with E-state index in [9.17, 15) is 17.1 Å². The summed E-state index contributed by atoms with van der Waals surface area (Å²) in [6.07, 6.45) is 3.17. The number of pyridine rings is 1. The second-order valence-electron chi connectivity index (χ2n) is 6.95. The van der Waals surface area contributed by atoms with Crippen molar-refractivity contribution < 1.29 is 17.1 Å². The molecule has 0 aliphatic heterocycles. The van der Waals surface area contributed by atoms with Gasteiger partial charge in [-0.05, 0) is 59.9 Å². The molecule has 0 unspecified atom stereocenters. The molecule has 0 saturated heterocycles. The molecule has 1 N–H and O–H groups in total. The summed E-state index contributed by atoms with van der Waals surface area (Å²) in [7, 11) is 0. The Morgan fingerprint density at radius 1 is 1.19 bits per heavy atom. The molecule has 0 radical (unpaired) electrons. The SMILES string of the molecule is C=C(CC)c1ccc(NCC#Cc2cc3c(SF)cccn3c2SC(F)(F)F)c(CC)c1. The largest absolute Gasteiger partial charge is 0.447 e. The van der Waals surface area contributed by atoms with Crippen molar-refractivity contribution in [2.75, 3.05) is 11.9 Å². The van der Waals surface area contributed by atoms with Crippen molar-refractivity contribution in [1.29, 1.82) is 0 Å². The number of anilines is 1. The van der Waals surface area contributed by atoms with Gasteiger partial charge in [0, 0.05) is 23.6 Å². The van der Waals surface area contributed by atoms with E-state index in [0.29, 0.717) is 5.52 Å². The first-order valence-corrected chi connectivity index (χ1v) is 11.5. The zero-order chi connectivity index (χ0) is 23.3. The maximum Gasteiger partial charge on any atom is 0.447 e. The third kappa shape index (κ3) is 5.64. The molecule has 0 atom stereocenters. The van der Waals surface area contributed by atoms with E-state index in [4.69, 9.17) is 0 Å². The topological polar surface area (TPSA) is 16.4 Å². The lowest BCUT2D eigenvalue weighted by Gasteiger charge is -2.12. The average Bonchev–Trinajstić information content (AvgIpc) is 3.12. The highest BCUT2D eigenvalue weighted by molar-refractivity contribution is 8.00. The molecule has 0 fully saturated rings. The highest BCUT2D eigenvalue weighted by Crippen LogP contribution is 2.41. The maximum absolute atomic E-state index is 13.2. The molecule has 2 nitrogen and oxygen atoms in total. The molecule has 0 bridgehead atoms. The van der Waals surface area contributed by atoms with Crippen LogP contribution in [0.1, 0.15) is 37.0 Å². The second kappa shape index (κ2) is 10.4. The van der Waals surface area contributed by atoms with Crippen LogP contribution in [-0.2, 0) is 6.42 Å². The molecule has 1 aromatic carbocycles. The quantitative estimate of drug-likeness (QED) is 0.211. The van der Waals surface area contributed by atoms with E-state index in [1.54, 1.807) is 0 Å². The molecule has 0 spiro atoms. The third-order valence-electron chi connectivity index (χ3n) is 4.93. The number of allylic oxidation sites excluding steroid dienone is 1. The smallest absolute Gasteiger partial charge is 0.374 e. The van der Waals surface area contributed by atoms with E-state index < -0.39 is 5.51 Å². The predicted octanol–water partition coefficient (Wildman–Crippen LogP) is 7.98. The molecule has 2 heterocycles. The van der Waals surface area contributed by atoms with Crippen molar-refractivity contribution in [1.82, 2.24) is 4.40 Å². The molecule has 168 valence electrons. The Bertz CT molecular complexity index is 1190. The van der Waals surface area contributed by atoms with Gasteiger partial charge in [0.1, 0.15) is 5.03 Å². The number of benzene rings is 1. The van der Waals surface area contributed by atoms with Gasteiger partial charge in [0.25, 0.3) is 0 Å². The van der Waals surface area contributed by atoms with Gasteiger partial charge in [0.15, 0.2) is 0 Å². The van der Waals surface area contributed by atoms with Gasteiger partial charge < -0.3 is 9.72 Å². The minimum atomic E-state index is -4.48. The van der Waals surface area contributed by atoms with Crippen molar-refractivity contribution in [2.45, 2.75) is 42.1 Å². The number of hydrogen-bond acceptors (Lipinski definition) is 3. The number of rotatable bonds is 7. The van der Waals surface area contributed by atoms with Crippen LogP contribution in [0.5, 0.6) is 0 Å². The summed E-state index contributed by atoms with van der Waals surface area (Å²) in [5.74, 6) is 5.72. The second-order valence-corrected chi connectivity index (χ2v) is 8.60. The van der Waals surface area contributed by atoms with Crippen molar-refractivity contribution in [3.63, 3.8) is 0 Å². The summed E-state index contributed by atoms with van der Waals surface area (Å²) in [5.41, 5.74) is 0.278. The Hall–Kier alpha value is -2.50. The van der Waals surface area contributed by atoms with E-state index in [2.05, 4.69) is 43.7 Å². The number of alkyl halides is 3. The number of hydrogen-bond donors (Lipinski definition) is 1. The average molecular weight is 479 g/mol. The fourth-order valence-electron chi connectivity index (χ4n) is 3.28. The lowest BCUT2D eigenvalue weighted by atomic mass is 10.00. The Morgan fingerprint density at radius 3 is 2.62 bits per heavy atom. The summed E-state index contributed by atoms with van der Waals surface area (Å²) < 4.78 is 53.9. The number of nitrogens with one attached hydrogen (secondary N) is 1. The normalized spacial score (nSPS) is 11.3. The molecule has 2 aromatic heterocycles. The first-order chi connectivity index (χ1) is 15.3. The molecule has 32 heavy (non-hydrogen) atoms. The zero-order valence-electron chi connectivity index (χ0n) is 17.6. The number of nitrogens with zero attached hydrogens (tertiary/aromatic N) is 1. The van der Waals surface area contributed by atoms with Gasteiger partial charge in [0.2, 0.25) is 0 Å². The van der Waals surface area contributed by atoms with Gasteiger partial charge in [-0.15, -0.1) is 0 Å². The fourth-order valence-corrected chi connectivity index (χ4v) is 4.34. The number of fused-ring (bicyclic) bond motifs is 1. The third-order valence-corrected chi connectivity index (χ3v) is 6.28. The fraction of sp³-hybridized carbons (Fsp3) is 0.250. The molecule has 0 aliphatic carbocycles. The minimum Gasteiger partial charge on any atom is -0.374 e. The van der Waals surface area contributed by atoms with Crippen LogP contribution in [0.4, 0.5) is 22.7 Å². The Balaban J connectivity index is 1.86. The summed E-state index contributed by atoms with van der Waals surface area (Å²) in [6.45, 7) is 8.44. The summed E-state index contributed by atoms with van der Waals surface area (Å²) in [6, 6.07) is 10.6. The Morgan fingerprint density at radius 2 is 1.97 bits per heavy atom. The van der Waals surface area contributed by atoms with E-state index in [1.165, 1.54) is 28.8 Å². The van der Waals surface area contributed by atoms with Gasteiger partial charge in [0.05, 0.1) is 34.7 Å². The zero-order valence-corrected chi connectivity index (χ0v) is 19.3. The number of halogens is 4. The van der Waals surface area contributed by atoms with Crippen LogP contribution >= 0.6 is 23.9 Å². The van der Waals surface area contributed by atoms with E-state index in [-0.39, 0.29) is 45.9 Å². The van der Waals surface area contributed by atoms with Gasteiger partial charge in [-0.25, -0.2) is 0 Å². The van der Waals surface area contributed by atoms with Crippen LogP contribution in [0.2, 0.25) is 0 Å². The van der Waals surface area contributed by atoms with E-state index in [1.807, 2.05) is 12.1 Å². The monoisotopic (exact) mass is 478 g/mol. The van der Waals surface area contributed by atoms with Crippen molar-refractivity contribution >= 4 is 40.7 Å². The van der Waals surface area contributed by atoms with Crippen molar-refractivity contribution in [3.05, 3.63) is 65.9 Å². The Labute approximate surface area is 193 Å². The molecule has 3 rings (SSSR count). The summed E-state index contributed by atoms with van der Waals surface area (Å²) in [4.78, 5) is 0.240. The van der Waals surface area contributed by atoms with Gasteiger partial charge in [-0.3, -0.25) is 0 Å². The number of thioether (sulfide) groups is 1. The van der Waals surface area contributed by atoms with E-state index >= 15 is 0 Å². The van der Waals surface area contributed by atoms with Crippen LogP contribution in [0.25, 0.3) is 11.1 Å². The highest BCUT2D eigenvalue weighted by atomic mass is 32.2. The maximum atomic E-state index is 13.2. The summed E-state index contributed by atoms with van der Waals surface area (Å²) in [5, 5.41) is 3.16. The molecule has 0 amide bonds. The molecule has 3 aromatic rings. The minimum absolute atomic E-state index is 0.00539. The van der Waals surface area contributed by atoms with Gasteiger partial charge in [-0.1, -0.05) is 38.3 Å². The molecule has 0 aliphatic rings. The highest BCUT2D eigenvalue weighted by Gasteiger charge is 2.32. The van der Waals surface area contributed by atoms with Crippen LogP contribution in [0.3, 0.4) is 0 Å². The first-order valence-electron chi connectivity index (χ1n) is 9.99. The lowest BCUT2D eigenvalue weighted by molar-refractivity contribution is -0.0329. The molecular weight excluding hydrogens is 456 g/mol. The molecule has 0 saturated carbocycles. The van der Waals surface area contributed by atoms with Crippen molar-refractivity contribution in [3.8, 4) is 11.8 Å². The molecular formula is C24H22F4N2S2. The van der Waals surface area contributed by atoms with Crippen LogP contribution in [0, 0.1) is 11.8 Å². The summed E-state index contributed by atoms with van der Waals surface area (Å²) >= 11 is -0.256. The van der Waals surface area contributed by atoms with Gasteiger partial charge >= 0.3 is 5.51 Å². The van der Waals surface area contributed by atoms with Gasteiger partial charge in [-0.2, -0.15) is 17.1 Å². The predicted molar refractivity (Wildman–Crippen MR) is 127 cm³/mol. The van der Waals surface area contributed by atoms with Crippen LogP contribution in [-0.4, -0.2) is 16.5 Å². The lowest BCUT2D eigenvalue weighted by Crippen LogP contribution is -2.03. The first kappa shape index (κ1) is 24.1. The van der Waals surface area contributed by atoms with Crippen LogP contribution in [0.15, 0.2) is 59.1 Å². The number of aryl methyl sites for hydroxylation is 1.